The summed E-state index contributed by atoms with van der Waals surface area (Å²) in [5.74, 6) is 0.171. The Kier molecular flexibility index (Phi) is 2.89. The number of hydrogen-bond donors (Lipinski definition) is 1. The summed E-state index contributed by atoms with van der Waals surface area (Å²) < 4.78 is 0. The van der Waals surface area contributed by atoms with Gasteiger partial charge in [0.2, 0.25) is 5.91 Å². The second kappa shape index (κ2) is 4.09. The van der Waals surface area contributed by atoms with E-state index in [1.54, 1.807) is 0 Å². The summed E-state index contributed by atoms with van der Waals surface area (Å²) in [5, 5.41) is 3.14. The van der Waals surface area contributed by atoms with Crippen molar-refractivity contribution in [2.75, 3.05) is 5.32 Å². The molecule has 3 atom stereocenters. The third kappa shape index (κ3) is 1.42. The molecular formula is C17H22BrNO. The Balaban J connectivity index is 1.89. The van der Waals surface area contributed by atoms with Crippen LogP contribution in [0.1, 0.15) is 39.2 Å². The molecule has 0 unspecified atom stereocenters. The summed E-state index contributed by atoms with van der Waals surface area (Å²) in [6.07, 6.45) is 2.10. The Morgan fingerprint density at radius 1 is 1.30 bits per heavy atom. The van der Waals surface area contributed by atoms with Gasteiger partial charge >= 0.3 is 0 Å². The molecule has 1 aromatic rings. The van der Waals surface area contributed by atoms with Gasteiger partial charge in [-0.05, 0) is 48.3 Å². The van der Waals surface area contributed by atoms with Crippen molar-refractivity contribution in [2.45, 2.75) is 45.4 Å². The number of carbonyl (C=O) groups is 1. The van der Waals surface area contributed by atoms with E-state index in [0.717, 1.165) is 18.5 Å². The minimum Gasteiger partial charge on any atom is -0.326 e. The summed E-state index contributed by atoms with van der Waals surface area (Å²) >= 11 is 3.81. The largest absolute Gasteiger partial charge is 0.326 e. The molecular weight excluding hydrogens is 314 g/mol. The molecule has 2 nitrogen and oxygen atoms in total. The van der Waals surface area contributed by atoms with Crippen LogP contribution >= 0.6 is 15.9 Å². The number of halogens is 1. The van der Waals surface area contributed by atoms with Crippen molar-refractivity contribution in [3.8, 4) is 0 Å². The third-order valence-electron chi connectivity index (χ3n) is 6.25. The van der Waals surface area contributed by atoms with Gasteiger partial charge in [0.15, 0.2) is 0 Å². The lowest BCUT2D eigenvalue weighted by Gasteiger charge is -2.64. The smallest absolute Gasteiger partial charge is 0.232 e. The molecule has 3 aliphatic carbocycles. The van der Waals surface area contributed by atoms with Crippen molar-refractivity contribution in [1.29, 1.82) is 0 Å². The van der Waals surface area contributed by atoms with Crippen LogP contribution < -0.4 is 5.32 Å². The number of hydrogen-bond acceptors (Lipinski definition) is 1. The first kappa shape index (κ1) is 14.1. The quantitative estimate of drug-likeness (QED) is 0.790. The molecule has 20 heavy (non-hydrogen) atoms. The molecule has 0 spiro atoms. The summed E-state index contributed by atoms with van der Waals surface area (Å²) in [6, 6.07) is 8.02. The average molecular weight is 336 g/mol. The Morgan fingerprint density at radius 2 is 2.00 bits per heavy atom. The van der Waals surface area contributed by atoms with Gasteiger partial charge in [0, 0.05) is 10.5 Å². The van der Waals surface area contributed by atoms with E-state index in [4.69, 9.17) is 0 Å². The van der Waals surface area contributed by atoms with E-state index in [2.05, 4.69) is 42.0 Å². The van der Waals surface area contributed by atoms with Crippen LogP contribution in [0.3, 0.4) is 0 Å². The number of amides is 1. The van der Waals surface area contributed by atoms with E-state index in [9.17, 15) is 4.79 Å². The predicted molar refractivity (Wildman–Crippen MR) is 86.1 cm³/mol. The molecule has 0 aromatic heterocycles. The van der Waals surface area contributed by atoms with E-state index in [1.165, 1.54) is 5.56 Å². The van der Waals surface area contributed by atoms with Crippen LogP contribution in [-0.4, -0.2) is 10.7 Å². The van der Waals surface area contributed by atoms with Crippen molar-refractivity contribution >= 4 is 27.5 Å². The molecule has 1 N–H and O–H groups in total. The van der Waals surface area contributed by atoms with Crippen LogP contribution in [0, 0.1) is 23.2 Å². The van der Waals surface area contributed by atoms with Gasteiger partial charge in [-0.15, -0.1) is 0 Å². The molecule has 3 fully saturated rings. The molecule has 3 saturated carbocycles. The van der Waals surface area contributed by atoms with E-state index >= 15 is 0 Å². The lowest BCUT2D eigenvalue weighted by Crippen LogP contribution is -2.68. The number of anilines is 1. The zero-order chi connectivity index (χ0) is 14.8. The van der Waals surface area contributed by atoms with Gasteiger partial charge < -0.3 is 5.32 Å². The van der Waals surface area contributed by atoms with Crippen LogP contribution in [0.5, 0.6) is 0 Å². The van der Waals surface area contributed by atoms with E-state index in [0.29, 0.717) is 0 Å². The monoisotopic (exact) mass is 335 g/mol. The van der Waals surface area contributed by atoms with Gasteiger partial charge in [0.1, 0.15) is 0 Å². The second-order valence-corrected chi connectivity index (χ2v) is 8.12. The van der Waals surface area contributed by atoms with Crippen molar-refractivity contribution in [3.05, 3.63) is 29.8 Å². The van der Waals surface area contributed by atoms with E-state index in [-0.39, 0.29) is 27.0 Å². The molecule has 3 aliphatic rings. The average Bonchev–Trinajstić information content (AvgIpc) is 2.77. The van der Waals surface area contributed by atoms with Crippen molar-refractivity contribution in [1.82, 2.24) is 0 Å². The van der Waals surface area contributed by atoms with Gasteiger partial charge in [0.05, 0.1) is 5.41 Å². The van der Waals surface area contributed by atoms with Crippen LogP contribution in [0.15, 0.2) is 24.3 Å². The minimum absolute atomic E-state index is 0.0437. The molecule has 2 bridgehead atoms. The van der Waals surface area contributed by atoms with E-state index < -0.39 is 0 Å². The van der Waals surface area contributed by atoms with Crippen molar-refractivity contribution in [3.63, 3.8) is 0 Å². The fourth-order valence-electron chi connectivity index (χ4n) is 4.42. The van der Waals surface area contributed by atoms with Gasteiger partial charge in [-0.3, -0.25) is 4.79 Å². The number of carbonyl (C=O) groups excluding carboxylic acids is 1. The third-order valence-corrected chi connectivity index (χ3v) is 8.05. The highest BCUT2D eigenvalue weighted by Gasteiger charge is 2.80. The Morgan fingerprint density at radius 3 is 2.50 bits per heavy atom. The van der Waals surface area contributed by atoms with Crippen molar-refractivity contribution < 1.29 is 4.79 Å². The lowest BCUT2D eigenvalue weighted by atomic mass is 9.43. The maximum atomic E-state index is 12.9. The van der Waals surface area contributed by atoms with Crippen LogP contribution in [0.25, 0.3) is 0 Å². The fraction of sp³-hybridized carbons (Fsp3) is 0.588. The number of alkyl halides is 1. The van der Waals surface area contributed by atoms with Crippen LogP contribution in [0.4, 0.5) is 5.69 Å². The maximum absolute atomic E-state index is 12.9. The number of fused-ring (bicyclic) bond motifs is 1. The molecule has 0 saturated heterocycles. The van der Waals surface area contributed by atoms with E-state index in [1.807, 2.05) is 31.2 Å². The molecule has 0 aliphatic heterocycles. The number of benzene rings is 1. The maximum Gasteiger partial charge on any atom is 0.232 e. The highest BCUT2D eigenvalue weighted by Crippen LogP contribution is 2.79. The highest BCUT2D eigenvalue weighted by atomic mass is 79.9. The molecule has 1 aromatic carbocycles. The lowest BCUT2D eigenvalue weighted by molar-refractivity contribution is -0.155. The highest BCUT2D eigenvalue weighted by molar-refractivity contribution is 9.09. The van der Waals surface area contributed by atoms with Crippen molar-refractivity contribution in [2.24, 2.45) is 16.2 Å². The molecule has 0 radical (unpaired) electrons. The molecule has 3 heteroatoms. The fourth-order valence-corrected chi connectivity index (χ4v) is 6.23. The van der Waals surface area contributed by atoms with Gasteiger partial charge in [0.25, 0.3) is 0 Å². The number of rotatable bonds is 2. The van der Waals surface area contributed by atoms with Gasteiger partial charge in [-0.25, -0.2) is 0 Å². The minimum atomic E-state index is -0.272. The molecule has 1 amide bonds. The zero-order valence-corrected chi connectivity index (χ0v) is 14.2. The first-order valence-electron chi connectivity index (χ1n) is 7.28. The van der Waals surface area contributed by atoms with Crippen LogP contribution in [-0.2, 0) is 4.79 Å². The first-order valence-corrected chi connectivity index (χ1v) is 8.19. The molecule has 108 valence electrons. The predicted octanol–water partition coefficient (Wildman–Crippen LogP) is 4.52. The van der Waals surface area contributed by atoms with Gasteiger partial charge in [-0.1, -0.05) is 48.8 Å². The Bertz CT molecular complexity index is 582. The first-order chi connectivity index (χ1) is 9.25. The zero-order valence-electron chi connectivity index (χ0n) is 12.6. The number of aryl methyl sites for hydroxylation is 1. The summed E-state index contributed by atoms with van der Waals surface area (Å²) in [4.78, 5) is 13.2. The Labute approximate surface area is 129 Å². The summed E-state index contributed by atoms with van der Waals surface area (Å²) in [6.45, 7) is 8.83. The normalized spacial score (nSPS) is 37.4. The standard InChI is InChI=1S/C17H22BrNO/c1-11-6-5-7-12(10-11)19-14(20)17-9-8-16(4,13(17)18)15(17,2)3/h5-7,10,13H,8-9H2,1-4H3,(H,19,20)/t13-,16-,17+/m0/s1. The Hall–Kier alpha value is -0.830. The SMILES string of the molecule is Cc1cccc(NC(=O)[C@@]23CC[C@@](C)([C@@H]2Br)C3(C)C)c1. The summed E-state index contributed by atoms with van der Waals surface area (Å²) in [7, 11) is 0. The second-order valence-electron chi connectivity index (χ2n) is 7.20. The van der Waals surface area contributed by atoms with Crippen LogP contribution in [0.2, 0.25) is 0 Å². The molecule has 4 rings (SSSR count). The summed E-state index contributed by atoms with van der Waals surface area (Å²) in [5.41, 5.74) is 2.07. The molecule has 0 heterocycles. The number of nitrogens with one attached hydrogen (secondary N) is 1. The van der Waals surface area contributed by atoms with Gasteiger partial charge in [-0.2, -0.15) is 0 Å². The topological polar surface area (TPSA) is 29.1 Å².